The molecule has 0 saturated carbocycles. The number of hydrogen-bond acceptors (Lipinski definition) is 3. The van der Waals surface area contributed by atoms with Crippen molar-refractivity contribution in [2.24, 2.45) is 0 Å². The number of rotatable bonds is 5. The molecule has 1 amide bonds. The topological polar surface area (TPSA) is 42.0 Å². The Balaban J connectivity index is 1.58. The Morgan fingerprint density at radius 1 is 1.20 bits per heavy atom. The molecule has 0 fully saturated rings. The number of nitrogens with one attached hydrogen (secondary N) is 1. The molecule has 2 aromatic carbocycles. The summed E-state index contributed by atoms with van der Waals surface area (Å²) < 4.78 is 13.3. The number of carbonyl (C=O) groups is 1. The van der Waals surface area contributed by atoms with Crippen LogP contribution in [-0.4, -0.2) is 17.4 Å². The maximum Gasteiger partial charge on any atom is 0.252 e. The lowest BCUT2D eigenvalue weighted by molar-refractivity contribution is 0.0954. The molecule has 3 nitrogen and oxygen atoms in total. The van der Waals surface area contributed by atoms with Gasteiger partial charge in [-0.25, -0.2) is 9.37 Å². The Morgan fingerprint density at radius 3 is 2.80 bits per heavy atom. The van der Waals surface area contributed by atoms with Crippen molar-refractivity contribution in [3.63, 3.8) is 0 Å². The molecule has 0 spiro atoms. The number of carbonyl (C=O) groups excluding carboxylic acids is 1. The number of amides is 1. The van der Waals surface area contributed by atoms with Gasteiger partial charge in [0.1, 0.15) is 10.8 Å². The molecule has 0 unspecified atom stereocenters. The van der Waals surface area contributed by atoms with Crippen LogP contribution in [0, 0.1) is 5.82 Å². The lowest BCUT2D eigenvalue weighted by Gasteiger charge is -2.06. The largest absolute Gasteiger partial charge is 0.352 e. The van der Waals surface area contributed by atoms with Crippen LogP contribution in [0.15, 0.2) is 47.8 Å². The Bertz CT molecular complexity index is 914. The first-order valence-corrected chi connectivity index (χ1v) is 9.10. The van der Waals surface area contributed by atoms with E-state index in [0.29, 0.717) is 28.6 Å². The fourth-order valence-corrected chi connectivity index (χ4v) is 3.59. The van der Waals surface area contributed by atoms with Gasteiger partial charge in [0.2, 0.25) is 0 Å². The number of thiazole rings is 1. The van der Waals surface area contributed by atoms with Crippen LogP contribution < -0.4 is 5.32 Å². The predicted octanol–water partition coefficient (Wildman–Crippen LogP) is 5.23. The molecule has 1 heterocycles. The Kier molecular flexibility index (Phi) is 5.68. The number of nitrogens with zero attached hydrogens (tertiary/aromatic N) is 1. The molecule has 7 heteroatoms. The number of benzene rings is 2. The highest BCUT2D eigenvalue weighted by molar-refractivity contribution is 7.13. The van der Waals surface area contributed by atoms with Gasteiger partial charge in [0.25, 0.3) is 5.91 Å². The highest BCUT2D eigenvalue weighted by atomic mass is 35.5. The average molecular weight is 395 g/mol. The molecule has 0 radical (unpaired) electrons. The van der Waals surface area contributed by atoms with Gasteiger partial charge in [-0.1, -0.05) is 35.3 Å². The van der Waals surface area contributed by atoms with Gasteiger partial charge in [-0.15, -0.1) is 11.3 Å². The van der Waals surface area contributed by atoms with E-state index in [2.05, 4.69) is 10.3 Å². The highest BCUT2D eigenvalue weighted by Gasteiger charge is 2.11. The SMILES string of the molecule is O=C(NCCc1csc(-c2cccc(F)c2)n1)c1ccc(Cl)cc1Cl. The minimum Gasteiger partial charge on any atom is -0.352 e. The zero-order chi connectivity index (χ0) is 17.8. The number of aromatic nitrogens is 1. The fourth-order valence-electron chi connectivity index (χ4n) is 2.25. The molecule has 0 aliphatic heterocycles. The van der Waals surface area contributed by atoms with E-state index in [1.807, 2.05) is 11.4 Å². The zero-order valence-electron chi connectivity index (χ0n) is 12.9. The fraction of sp³-hybridized carbons (Fsp3) is 0.111. The van der Waals surface area contributed by atoms with E-state index in [9.17, 15) is 9.18 Å². The van der Waals surface area contributed by atoms with Crippen molar-refractivity contribution in [2.45, 2.75) is 6.42 Å². The summed E-state index contributed by atoms with van der Waals surface area (Å²) in [5, 5.41) is 6.25. The van der Waals surface area contributed by atoms with Crippen LogP contribution >= 0.6 is 34.5 Å². The van der Waals surface area contributed by atoms with Gasteiger partial charge in [0.05, 0.1) is 16.3 Å². The molecule has 25 heavy (non-hydrogen) atoms. The smallest absolute Gasteiger partial charge is 0.252 e. The van der Waals surface area contributed by atoms with Crippen molar-refractivity contribution in [3.05, 3.63) is 75.0 Å². The predicted molar refractivity (Wildman–Crippen MR) is 100 cm³/mol. The normalized spacial score (nSPS) is 10.7. The van der Waals surface area contributed by atoms with Crippen molar-refractivity contribution >= 4 is 40.4 Å². The zero-order valence-corrected chi connectivity index (χ0v) is 15.3. The van der Waals surface area contributed by atoms with E-state index >= 15 is 0 Å². The summed E-state index contributed by atoms with van der Waals surface area (Å²) in [5.74, 6) is -0.552. The van der Waals surface area contributed by atoms with Gasteiger partial charge in [-0.3, -0.25) is 4.79 Å². The van der Waals surface area contributed by atoms with Crippen LogP contribution in [-0.2, 0) is 6.42 Å². The summed E-state index contributed by atoms with van der Waals surface area (Å²) in [4.78, 5) is 16.6. The Morgan fingerprint density at radius 2 is 2.04 bits per heavy atom. The lowest BCUT2D eigenvalue weighted by atomic mass is 10.2. The molecular formula is C18H13Cl2FN2OS. The van der Waals surface area contributed by atoms with E-state index in [-0.39, 0.29) is 11.7 Å². The summed E-state index contributed by atoms with van der Waals surface area (Å²) in [5.41, 5.74) is 1.96. The summed E-state index contributed by atoms with van der Waals surface area (Å²) in [6.45, 7) is 0.421. The summed E-state index contributed by atoms with van der Waals surface area (Å²) in [6.07, 6.45) is 0.572. The van der Waals surface area contributed by atoms with Gasteiger partial charge in [0, 0.05) is 28.9 Å². The third-order valence-corrected chi connectivity index (χ3v) is 4.95. The van der Waals surface area contributed by atoms with E-state index in [1.165, 1.54) is 29.5 Å². The average Bonchev–Trinajstić information content (AvgIpc) is 3.03. The molecule has 0 aliphatic carbocycles. The Labute approximate surface area is 158 Å². The molecule has 0 saturated heterocycles. The maximum atomic E-state index is 13.3. The van der Waals surface area contributed by atoms with Crippen molar-refractivity contribution in [1.29, 1.82) is 0 Å². The van der Waals surface area contributed by atoms with Crippen molar-refractivity contribution in [2.75, 3.05) is 6.54 Å². The van der Waals surface area contributed by atoms with Crippen LogP contribution in [0.2, 0.25) is 10.0 Å². The van der Waals surface area contributed by atoms with Crippen molar-refractivity contribution < 1.29 is 9.18 Å². The molecule has 128 valence electrons. The molecule has 0 bridgehead atoms. The minimum atomic E-state index is -0.290. The summed E-state index contributed by atoms with van der Waals surface area (Å²) in [6, 6.07) is 11.1. The number of halogens is 3. The number of hydrogen-bond donors (Lipinski definition) is 1. The monoisotopic (exact) mass is 394 g/mol. The standard InChI is InChI=1S/C18H13Cl2FN2OS/c19-12-4-5-15(16(20)9-12)17(24)22-7-6-14-10-25-18(23-14)11-2-1-3-13(21)8-11/h1-5,8-10H,6-7H2,(H,22,24). The van der Waals surface area contributed by atoms with Gasteiger partial charge < -0.3 is 5.32 Å². The van der Waals surface area contributed by atoms with Gasteiger partial charge in [-0.05, 0) is 30.3 Å². The first-order chi connectivity index (χ1) is 12.0. The molecule has 3 aromatic rings. The van der Waals surface area contributed by atoms with Crippen LogP contribution in [0.5, 0.6) is 0 Å². The van der Waals surface area contributed by atoms with E-state index in [1.54, 1.807) is 18.2 Å². The molecule has 1 aromatic heterocycles. The Hall–Kier alpha value is -1.95. The van der Waals surface area contributed by atoms with Gasteiger partial charge >= 0.3 is 0 Å². The summed E-state index contributed by atoms with van der Waals surface area (Å²) in [7, 11) is 0. The second-order valence-electron chi connectivity index (χ2n) is 5.28. The second kappa shape index (κ2) is 7.95. The van der Waals surface area contributed by atoms with Crippen LogP contribution in [0.3, 0.4) is 0 Å². The highest BCUT2D eigenvalue weighted by Crippen LogP contribution is 2.24. The lowest BCUT2D eigenvalue weighted by Crippen LogP contribution is -2.26. The van der Waals surface area contributed by atoms with Crippen LogP contribution in [0.25, 0.3) is 10.6 Å². The maximum absolute atomic E-state index is 13.3. The van der Waals surface area contributed by atoms with E-state index in [0.717, 1.165) is 16.3 Å². The molecule has 0 atom stereocenters. The molecule has 3 rings (SSSR count). The minimum absolute atomic E-state index is 0.262. The third kappa shape index (κ3) is 4.57. The van der Waals surface area contributed by atoms with Gasteiger partial charge in [0.15, 0.2) is 0 Å². The second-order valence-corrected chi connectivity index (χ2v) is 6.99. The summed E-state index contributed by atoms with van der Waals surface area (Å²) >= 11 is 13.3. The van der Waals surface area contributed by atoms with E-state index in [4.69, 9.17) is 23.2 Å². The van der Waals surface area contributed by atoms with Crippen LogP contribution in [0.4, 0.5) is 4.39 Å². The van der Waals surface area contributed by atoms with Crippen molar-refractivity contribution in [3.8, 4) is 10.6 Å². The first-order valence-electron chi connectivity index (χ1n) is 7.46. The van der Waals surface area contributed by atoms with Gasteiger partial charge in [-0.2, -0.15) is 0 Å². The van der Waals surface area contributed by atoms with Crippen LogP contribution in [0.1, 0.15) is 16.1 Å². The first kappa shape index (κ1) is 17.9. The molecule has 0 aliphatic rings. The van der Waals surface area contributed by atoms with E-state index < -0.39 is 0 Å². The quantitative estimate of drug-likeness (QED) is 0.643. The molecule has 1 N–H and O–H groups in total. The third-order valence-electron chi connectivity index (χ3n) is 3.47. The van der Waals surface area contributed by atoms with Crippen molar-refractivity contribution in [1.82, 2.24) is 10.3 Å². The molecular weight excluding hydrogens is 382 g/mol.